The van der Waals surface area contributed by atoms with E-state index in [9.17, 15) is 8.42 Å². The first-order valence-corrected chi connectivity index (χ1v) is 4.87. The van der Waals surface area contributed by atoms with E-state index in [1.165, 1.54) is 12.1 Å². The number of rotatable bonds is 2. The van der Waals surface area contributed by atoms with Gasteiger partial charge < -0.3 is 5.11 Å². The summed E-state index contributed by atoms with van der Waals surface area (Å²) in [5.74, 6) is 0. The quantitative estimate of drug-likeness (QED) is 0.682. The largest absolute Gasteiger partial charge is 0.372 e. The molecule has 0 amide bonds. The van der Waals surface area contributed by atoms with Crippen molar-refractivity contribution >= 4 is 10.0 Å². The highest BCUT2D eigenvalue weighted by Crippen LogP contribution is 2.15. The summed E-state index contributed by atoms with van der Waals surface area (Å²) in [4.78, 5) is 0. The van der Waals surface area contributed by atoms with Gasteiger partial charge in [0.2, 0.25) is 10.0 Å². The van der Waals surface area contributed by atoms with Gasteiger partial charge in [-0.3, -0.25) is 0 Å². The fraction of sp³-hybridized carbons (Fsp3) is 0.143. The summed E-state index contributed by atoms with van der Waals surface area (Å²) < 4.78 is 21.3. The van der Waals surface area contributed by atoms with E-state index in [1.807, 2.05) is 0 Å². The first kappa shape index (κ1) is 9.18. The Morgan fingerprint density at radius 1 is 1.25 bits per heavy atom. The van der Waals surface area contributed by atoms with Crippen molar-refractivity contribution in [2.24, 2.45) is 5.14 Å². The number of hydrogen-bond donors (Lipinski definition) is 2. The second kappa shape index (κ2) is 3.22. The first-order chi connectivity index (χ1) is 5.52. The van der Waals surface area contributed by atoms with Crippen LogP contribution in [0.5, 0.6) is 0 Å². The van der Waals surface area contributed by atoms with Gasteiger partial charge in [-0.15, -0.1) is 0 Å². The summed E-state index contributed by atoms with van der Waals surface area (Å²) in [5.41, 5.74) is -1.35. The van der Waals surface area contributed by atoms with Crippen LogP contribution in [-0.2, 0) is 10.0 Å². The van der Waals surface area contributed by atoms with E-state index in [1.54, 1.807) is 18.2 Å². The maximum absolute atomic E-state index is 10.7. The van der Waals surface area contributed by atoms with Crippen LogP contribution in [0.15, 0.2) is 30.3 Å². The summed E-state index contributed by atoms with van der Waals surface area (Å²) in [6.07, 6.45) is 0. The Kier molecular flexibility index (Phi) is 2.46. The number of nitrogens with two attached hydrogens (primary N) is 1. The summed E-state index contributed by atoms with van der Waals surface area (Å²) in [6, 6.07) is 7.97. The maximum Gasteiger partial charge on any atom is 0.240 e. The molecule has 0 fully saturated rings. The minimum atomic E-state index is -3.90. The second-order valence-corrected chi connectivity index (χ2v) is 3.98. The third kappa shape index (κ3) is 2.04. The average molecular weight is 187 g/mol. The summed E-state index contributed by atoms with van der Waals surface area (Å²) in [7, 11) is -3.90. The minimum Gasteiger partial charge on any atom is -0.372 e. The maximum atomic E-state index is 10.7. The Hall–Kier alpha value is -0.910. The lowest BCUT2D eigenvalue weighted by Gasteiger charge is -2.06. The van der Waals surface area contributed by atoms with E-state index < -0.39 is 15.5 Å². The number of aliphatic hydroxyl groups excluding tert-OH is 1. The van der Waals surface area contributed by atoms with E-state index in [2.05, 4.69) is 0 Å². The lowest BCUT2D eigenvalue weighted by Crippen LogP contribution is -2.21. The Balaban J connectivity index is 3.02. The van der Waals surface area contributed by atoms with Crippen molar-refractivity contribution in [3.8, 4) is 0 Å². The molecule has 0 bridgehead atoms. The molecule has 1 aromatic rings. The van der Waals surface area contributed by atoms with Gasteiger partial charge in [-0.05, 0) is 5.56 Å². The van der Waals surface area contributed by atoms with Gasteiger partial charge in [0.25, 0.3) is 0 Å². The van der Waals surface area contributed by atoms with Crippen molar-refractivity contribution in [1.82, 2.24) is 0 Å². The summed E-state index contributed by atoms with van der Waals surface area (Å²) in [5, 5.41) is 13.9. The highest BCUT2D eigenvalue weighted by atomic mass is 32.2. The van der Waals surface area contributed by atoms with Crippen LogP contribution in [0.25, 0.3) is 0 Å². The van der Waals surface area contributed by atoms with E-state index >= 15 is 0 Å². The third-order valence-electron chi connectivity index (χ3n) is 1.40. The zero-order valence-corrected chi connectivity index (χ0v) is 7.03. The van der Waals surface area contributed by atoms with Crippen molar-refractivity contribution in [2.45, 2.75) is 5.44 Å². The monoisotopic (exact) mass is 187 g/mol. The van der Waals surface area contributed by atoms with Gasteiger partial charge >= 0.3 is 0 Å². The zero-order valence-electron chi connectivity index (χ0n) is 6.21. The molecule has 12 heavy (non-hydrogen) atoms. The molecule has 1 unspecified atom stereocenters. The number of primary sulfonamides is 1. The van der Waals surface area contributed by atoms with Gasteiger partial charge in [-0.25, -0.2) is 13.6 Å². The fourth-order valence-corrected chi connectivity index (χ4v) is 1.34. The van der Waals surface area contributed by atoms with Crippen LogP contribution in [0.1, 0.15) is 11.0 Å². The van der Waals surface area contributed by atoms with Crippen molar-refractivity contribution in [3.05, 3.63) is 35.9 Å². The SMILES string of the molecule is NS(=O)(=O)C(O)c1ccccc1. The molecule has 0 aliphatic heterocycles. The van der Waals surface area contributed by atoms with E-state index in [-0.39, 0.29) is 5.56 Å². The van der Waals surface area contributed by atoms with Gasteiger partial charge in [0.1, 0.15) is 0 Å². The molecule has 5 heteroatoms. The molecule has 0 spiro atoms. The Morgan fingerprint density at radius 3 is 2.17 bits per heavy atom. The minimum absolute atomic E-state index is 0.278. The number of aliphatic hydroxyl groups is 1. The van der Waals surface area contributed by atoms with Crippen LogP contribution in [-0.4, -0.2) is 13.5 Å². The van der Waals surface area contributed by atoms with E-state index in [4.69, 9.17) is 10.2 Å². The smallest absolute Gasteiger partial charge is 0.240 e. The van der Waals surface area contributed by atoms with Crippen molar-refractivity contribution < 1.29 is 13.5 Å². The predicted molar refractivity (Wildman–Crippen MR) is 44.5 cm³/mol. The van der Waals surface area contributed by atoms with Crippen LogP contribution >= 0.6 is 0 Å². The molecule has 0 radical (unpaired) electrons. The van der Waals surface area contributed by atoms with Gasteiger partial charge in [-0.2, -0.15) is 0 Å². The summed E-state index contributed by atoms with van der Waals surface area (Å²) >= 11 is 0. The molecule has 3 N–H and O–H groups in total. The van der Waals surface area contributed by atoms with Gasteiger partial charge in [0, 0.05) is 0 Å². The van der Waals surface area contributed by atoms with Crippen LogP contribution < -0.4 is 5.14 Å². The molecule has 4 nitrogen and oxygen atoms in total. The Labute approximate surface area is 70.7 Å². The molecule has 1 atom stereocenters. The number of benzene rings is 1. The first-order valence-electron chi connectivity index (χ1n) is 3.26. The molecule has 1 rings (SSSR count). The predicted octanol–water partition coefficient (Wildman–Crippen LogP) is -0.0340. The topological polar surface area (TPSA) is 80.4 Å². The van der Waals surface area contributed by atoms with Gasteiger partial charge in [0.05, 0.1) is 0 Å². The molecule has 0 aromatic heterocycles. The van der Waals surface area contributed by atoms with Crippen molar-refractivity contribution in [2.75, 3.05) is 0 Å². The van der Waals surface area contributed by atoms with Crippen LogP contribution in [0.4, 0.5) is 0 Å². The lowest BCUT2D eigenvalue weighted by molar-refractivity contribution is 0.255. The molecule has 66 valence electrons. The molecule has 1 aromatic carbocycles. The van der Waals surface area contributed by atoms with Crippen molar-refractivity contribution in [1.29, 1.82) is 0 Å². The van der Waals surface area contributed by atoms with E-state index in [0.29, 0.717) is 0 Å². The molecular weight excluding hydrogens is 178 g/mol. The molecule has 0 aliphatic rings. The van der Waals surface area contributed by atoms with E-state index in [0.717, 1.165) is 0 Å². The van der Waals surface area contributed by atoms with Crippen LogP contribution in [0, 0.1) is 0 Å². The Bertz CT molecular complexity index is 346. The van der Waals surface area contributed by atoms with Crippen molar-refractivity contribution in [3.63, 3.8) is 0 Å². The molecule has 0 saturated carbocycles. The zero-order chi connectivity index (χ0) is 9.19. The van der Waals surface area contributed by atoms with Gasteiger partial charge in [-0.1, -0.05) is 30.3 Å². The lowest BCUT2D eigenvalue weighted by atomic mass is 10.2. The molecule has 0 heterocycles. The van der Waals surface area contributed by atoms with Gasteiger partial charge in [0.15, 0.2) is 5.44 Å². The summed E-state index contributed by atoms with van der Waals surface area (Å²) in [6.45, 7) is 0. The second-order valence-electron chi connectivity index (χ2n) is 2.35. The molecular formula is C7H9NO3S. The number of hydrogen-bond acceptors (Lipinski definition) is 3. The van der Waals surface area contributed by atoms with Crippen LogP contribution in [0.3, 0.4) is 0 Å². The highest BCUT2D eigenvalue weighted by Gasteiger charge is 2.18. The standard InChI is InChI=1S/C7H9NO3S/c8-12(10,11)7(9)6-4-2-1-3-5-6/h1-5,7,9H,(H2,8,10,11). The Morgan fingerprint density at radius 2 is 1.75 bits per heavy atom. The molecule has 0 aliphatic carbocycles. The third-order valence-corrected chi connectivity index (χ3v) is 2.29. The fourth-order valence-electron chi connectivity index (χ4n) is 0.807. The normalized spacial score (nSPS) is 14.2. The van der Waals surface area contributed by atoms with Crippen LogP contribution in [0.2, 0.25) is 0 Å². The molecule has 0 saturated heterocycles. The average Bonchev–Trinajstić information content (AvgIpc) is 2.03. The highest BCUT2D eigenvalue weighted by molar-refractivity contribution is 7.89. The number of sulfonamides is 1.